The number of hydrogen-bond acceptors (Lipinski definition) is 5. The monoisotopic (exact) mass is 499 g/mol. The molecule has 1 heterocycles. The minimum Gasteiger partial charge on any atom is -0.444 e. The lowest BCUT2D eigenvalue weighted by Crippen LogP contribution is -2.44. The van der Waals surface area contributed by atoms with E-state index in [1.54, 1.807) is 14.1 Å². The van der Waals surface area contributed by atoms with Crippen molar-refractivity contribution < 1.29 is 19.1 Å². The third-order valence-electron chi connectivity index (χ3n) is 3.54. The van der Waals surface area contributed by atoms with Gasteiger partial charge in [-0.1, -0.05) is 0 Å². The molecule has 0 aromatic heterocycles. The second kappa shape index (κ2) is 13.0. The van der Waals surface area contributed by atoms with Gasteiger partial charge in [0.05, 0.1) is 6.61 Å². The SMILES string of the molecule is CN(C)C(=O)CN=C(NCCNC(=O)OC(C)(C)C)NCC1CCOC1.I. The van der Waals surface area contributed by atoms with Crippen LogP contribution in [0.4, 0.5) is 4.79 Å². The number of amides is 2. The van der Waals surface area contributed by atoms with E-state index >= 15 is 0 Å². The van der Waals surface area contributed by atoms with Crippen LogP contribution in [0, 0.1) is 5.92 Å². The Hall–Kier alpha value is -1.30. The van der Waals surface area contributed by atoms with Crippen molar-refractivity contribution >= 4 is 41.9 Å². The maximum Gasteiger partial charge on any atom is 0.407 e. The summed E-state index contributed by atoms with van der Waals surface area (Å²) in [6.07, 6.45) is 0.550. The molecule has 1 aliphatic heterocycles. The largest absolute Gasteiger partial charge is 0.444 e. The highest BCUT2D eigenvalue weighted by Gasteiger charge is 2.17. The number of likely N-dealkylation sites (N-methyl/N-ethyl adjacent to an activating group) is 1. The van der Waals surface area contributed by atoms with Crippen LogP contribution in [0.15, 0.2) is 4.99 Å². The van der Waals surface area contributed by atoms with E-state index in [1.165, 1.54) is 4.90 Å². The van der Waals surface area contributed by atoms with Gasteiger partial charge in [0.15, 0.2) is 5.96 Å². The Labute approximate surface area is 179 Å². The van der Waals surface area contributed by atoms with Gasteiger partial charge < -0.3 is 30.3 Å². The molecule has 0 aromatic rings. The molecule has 3 N–H and O–H groups in total. The van der Waals surface area contributed by atoms with Gasteiger partial charge in [-0.3, -0.25) is 4.79 Å². The molecule has 2 amide bonds. The molecule has 9 nitrogen and oxygen atoms in total. The zero-order valence-electron chi connectivity index (χ0n) is 17.0. The van der Waals surface area contributed by atoms with Crippen molar-refractivity contribution in [2.45, 2.75) is 32.8 Å². The first-order valence-electron chi connectivity index (χ1n) is 8.94. The van der Waals surface area contributed by atoms with E-state index in [0.29, 0.717) is 25.0 Å². The molecule has 158 valence electrons. The predicted octanol–water partition coefficient (Wildman–Crippen LogP) is 0.789. The topological polar surface area (TPSA) is 104 Å². The molecule has 0 saturated carbocycles. The third-order valence-corrected chi connectivity index (χ3v) is 3.54. The molecule has 0 aromatic carbocycles. The number of nitrogens with one attached hydrogen (secondary N) is 3. The molecule has 1 aliphatic rings. The molecular weight excluding hydrogens is 465 g/mol. The molecule has 0 radical (unpaired) electrons. The van der Waals surface area contributed by atoms with Crippen molar-refractivity contribution in [2.75, 3.05) is 53.5 Å². The van der Waals surface area contributed by atoms with Gasteiger partial charge in [0.2, 0.25) is 5.91 Å². The maximum atomic E-state index is 11.7. The number of carbonyl (C=O) groups is 2. The summed E-state index contributed by atoms with van der Waals surface area (Å²) < 4.78 is 10.5. The molecule has 1 saturated heterocycles. The highest BCUT2D eigenvalue weighted by molar-refractivity contribution is 14.0. The van der Waals surface area contributed by atoms with Crippen molar-refractivity contribution in [3.63, 3.8) is 0 Å². The summed E-state index contributed by atoms with van der Waals surface area (Å²) in [5.41, 5.74) is -0.526. The third kappa shape index (κ3) is 12.7. The number of nitrogens with zero attached hydrogens (tertiary/aromatic N) is 2. The Morgan fingerprint density at radius 1 is 1.19 bits per heavy atom. The first-order valence-corrected chi connectivity index (χ1v) is 8.94. The fourth-order valence-electron chi connectivity index (χ4n) is 2.11. The summed E-state index contributed by atoms with van der Waals surface area (Å²) in [6, 6.07) is 0. The fraction of sp³-hybridized carbons (Fsp3) is 0.824. The van der Waals surface area contributed by atoms with Crippen LogP contribution in [-0.4, -0.2) is 81.9 Å². The normalized spacial score (nSPS) is 16.9. The lowest BCUT2D eigenvalue weighted by molar-refractivity contribution is -0.127. The lowest BCUT2D eigenvalue weighted by Gasteiger charge is -2.20. The summed E-state index contributed by atoms with van der Waals surface area (Å²) in [6.45, 7) is 8.58. The molecule has 1 rings (SSSR count). The Morgan fingerprint density at radius 2 is 1.85 bits per heavy atom. The number of alkyl carbamates (subject to hydrolysis) is 1. The van der Waals surface area contributed by atoms with E-state index < -0.39 is 11.7 Å². The summed E-state index contributed by atoms with van der Waals surface area (Å²) in [5.74, 6) is 0.895. The van der Waals surface area contributed by atoms with Gasteiger partial charge in [0, 0.05) is 46.3 Å². The molecule has 27 heavy (non-hydrogen) atoms. The van der Waals surface area contributed by atoms with Crippen LogP contribution >= 0.6 is 24.0 Å². The second-order valence-corrected chi connectivity index (χ2v) is 7.42. The Bertz CT molecular complexity index is 488. The lowest BCUT2D eigenvalue weighted by atomic mass is 10.1. The van der Waals surface area contributed by atoms with Crippen molar-refractivity contribution in [2.24, 2.45) is 10.9 Å². The summed E-state index contributed by atoms with van der Waals surface area (Å²) in [5, 5.41) is 9.01. The van der Waals surface area contributed by atoms with Crippen molar-refractivity contribution in [3.05, 3.63) is 0 Å². The fourth-order valence-corrected chi connectivity index (χ4v) is 2.11. The average Bonchev–Trinajstić information content (AvgIpc) is 3.04. The Kier molecular flexibility index (Phi) is 12.4. The zero-order chi connectivity index (χ0) is 19.6. The van der Waals surface area contributed by atoms with Crippen LogP contribution in [0.25, 0.3) is 0 Å². The minimum atomic E-state index is -0.526. The van der Waals surface area contributed by atoms with E-state index in [4.69, 9.17) is 9.47 Å². The number of hydrogen-bond donors (Lipinski definition) is 3. The van der Waals surface area contributed by atoms with Crippen LogP contribution in [0.1, 0.15) is 27.2 Å². The Balaban J connectivity index is 0.00000676. The van der Waals surface area contributed by atoms with E-state index in [-0.39, 0.29) is 36.4 Å². The first kappa shape index (κ1) is 25.7. The van der Waals surface area contributed by atoms with E-state index in [1.807, 2.05) is 20.8 Å². The van der Waals surface area contributed by atoms with Gasteiger partial charge in [-0.05, 0) is 27.2 Å². The number of halogens is 1. The summed E-state index contributed by atoms with van der Waals surface area (Å²) in [7, 11) is 3.39. The van der Waals surface area contributed by atoms with Crippen molar-refractivity contribution in [1.82, 2.24) is 20.9 Å². The molecular formula is C17H34IN5O4. The molecule has 10 heteroatoms. The zero-order valence-corrected chi connectivity index (χ0v) is 19.3. The van der Waals surface area contributed by atoms with E-state index in [2.05, 4.69) is 20.9 Å². The number of rotatable bonds is 7. The van der Waals surface area contributed by atoms with Gasteiger partial charge >= 0.3 is 6.09 Å². The van der Waals surface area contributed by atoms with Gasteiger partial charge in [0.1, 0.15) is 12.1 Å². The van der Waals surface area contributed by atoms with Crippen LogP contribution in [0.2, 0.25) is 0 Å². The summed E-state index contributed by atoms with van der Waals surface area (Å²) >= 11 is 0. The number of carbonyl (C=O) groups excluding carboxylic acids is 2. The van der Waals surface area contributed by atoms with E-state index in [9.17, 15) is 9.59 Å². The predicted molar refractivity (Wildman–Crippen MR) is 116 cm³/mol. The first-order chi connectivity index (χ1) is 12.2. The molecule has 0 spiro atoms. The van der Waals surface area contributed by atoms with Crippen LogP contribution in [0.5, 0.6) is 0 Å². The van der Waals surface area contributed by atoms with Gasteiger partial charge in [0.25, 0.3) is 0 Å². The van der Waals surface area contributed by atoms with Gasteiger partial charge in [-0.2, -0.15) is 0 Å². The Morgan fingerprint density at radius 3 is 2.41 bits per heavy atom. The van der Waals surface area contributed by atoms with Gasteiger partial charge in [-0.15, -0.1) is 24.0 Å². The average molecular weight is 499 g/mol. The minimum absolute atomic E-state index is 0. The number of guanidine groups is 1. The quantitative estimate of drug-likeness (QED) is 0.207. The van der Waals surface area contributed by atoms with Crippen LogP contribution < -0.4 is 16.0 Å². The molecule has 1 unspecified atom stereocenters. The number of aliphatic imine (C=N–C) groups is 1. The van der Waals surface area contributed by atoms with Crippen molar-refractivity contribution in [3.8, 4) is 0 Å². The van der Waals surface area contributed by atoms with Crippen molar-refractivity contribution in [1.29, 1.82) is 0 Å². The molecule has 0 aliphatic carbocycles. The highest BCUT2D eigenvalue weighted by atomic mass is 127. The standard InChI is InChI=1S/C17H33N5O4.HI/c1-17(2,3)26-16(24)19-8-7-18-15(21-11-14(23)22(4)5)20-10-13-6-9-25-12-13;/h13H,6-12H2,1-5H3,(H,19,24)(H2,18,20,21);1H. The molecule has 1 fully saturated rings. The number of ether oxygens (including phenoxy) is 2. The van der Waals surface area contributed by atoms with Crippen LogP contribution in [-0.2, 0) is 14.3 Å². The highest BCUT2D eigenvalue weighted by Crippen LogP contribution is 2.10. The maximum absolute atomic E-state index is 11.7. The molecule has 0 bridgehead atoms. The molecule has 1 atom stereocenters. The second-order valence-electron chi connectivity index (χ2n) is 7.42. The summed E-state index contributed by atoms with van der Waals surface area (Å²) in [4.78, 5) is 29.1. The smallest absolute Gasteiger partial charge is 0.407 e. The van der Waals surface area contributed by atoms with Gasteiger partial charge in [-0.25, -0.2) is 9.79 Å². The van der Waals surface area contributed by atoms with E-state index in [0.717, 1.165) is 26.2 Å². The van der Waals surface area contributed by atoms with Crippen LogP contribution in [0.3, 0.4) is 0 Å².